The summed E-state index contributed by atoms with van der Waals surface area (Å²) in [5, 5.41) is 0. The van der Waals surface area contributed by atoms with Crippen molar-refractivity contribution in [1.82, 2.24) is 9.55 Å². The van der Waals surface area contributed by atoms with Gasteiger partial charge in [0.2, 0.25) is 0 Å². The maximum absolute atomic E-state index is 15.1. The minimum absolute atomic E-state index is 0.112. The molecule has 0 aliphatic carbocycles. The molecule has 0 amide bonds. The van der Waals surface area contributed by atoms with Crippen molar-refractivity contribution in [3.8, 4) is 11.3 Å². The van der Waals surface area contributed by atoms with Crippen LogP contribution in [0.3, 0.4) is 0 Å². The predicted molar refractivity (Wildman–Crippen MR) is 134 cm³/mol. The van der Waals surface area contributed by atoms with Gasteiger partial charge in [-0.2, -0.15) is 0 Å². The fraction of sp³-hybridized carbons (Fsp3) is 0.0667. The van der Waals surface area contributed by atoms with Gasteiger partial charge in [0, 0.05) is 6.20 Å². The summed E-state index contributed by atoms with van der Waals surface area (Å²) in [6.45, 7) is 0. The second-order valence-electron chi connectivity index (χ2n) is 8.13. The number of rotatable bonds is 6. The molecule has 0 fully saturated rings. The summed E-state index contributed by atoms with van der Waals surface area (Å²) in [6.07, 6.45) is 3.48. The molecule has 0 saturated carbocycles. The number of benzene rings is 4. The first kappa shape index (κ1) is 22.3. The first-order chi connectivity index (χ1) is 17.2. The van der Waals surface area contributed by atoms with E-state index in [1.165, 1.54) is 19.2 Å². The Balaban J connectivity index is 1.82. The number of hydrogen-bond acceptors (Lipinski definition) is 3. The molecule has 4 aromatic carbocycles. The Morgan fingerprint density at radius 1 is 0.771 bits per heavy atom. The van der Waals surface area contributed by atoms with Crippen LogP contribution in [0.5, 0.6) is 0 Å². The fourth-order valence-electron chi connectivity index (χ4n) is 4.69. The van der Waals surface area contributed by atoms with E-state index in [4.69, 9.17) is 4.74 Å². The maximum atomic E-state index is 15.1. The van der Waals surface area contributed by atoms with Crippen LogP contribution in [0, 0.1) is 5.82 Å². The zero-order valence-corrected chi connectivity index (χ0v) is 19.1. The molecule has 0 spiro atoms. The van der Waals surface area contributed by atoms with E-state index < -0.39 is 17.3 Å². The summed E-state index contributed by atoms with van der Waals surface area (Å²) < 4.78 is 21.9. The first-order valence-electron chi connectivity index (χ1n) is 11.2. The lowest BCUT2D eigenvalue weighted by Gasteiger charge is -2.37. The molecule has 5 rings (SSSR count). The van der Waals surface area contributed by atoms with Gasteiger partial charge in [0.05, 0.1) is 30.3 Å². The Labute approximate surface area is 203 Å². The lowest BCUT2D eigenvalue weighted by Crippen LogP contribution is -2.36. The number of nitrogens with zero attached hydrogens (tertiary/aromatic N) is 2. The third-order valence-electron chi connectivity index (χ3n) is 6.22. The Hall–Kier alpha value is -4.51. The van der Waals surface area contributed by atoms with Gasteiger partial charge < -0.3 is 9.30 Å². The lowest BCUT2D eigenvalue weighted by molar-refractivity contribution is 0.0601. The molecule has 0 N–H and O–H groups in total. The Morgan fingerprint density at radius 3 is 1.77 bits per heavy atom. The molecule has 1 aromatic heterocycles. The normalized spacial score (nSPS) is 11.3. The molecule has 35 heavy (non-hydrogen) atoms. The minimum Gasteiger partial charge on any atom is -0.465 e. The second kappa shape index (κ2) is 9.39. The maximum Gasteiger partial charge on any atom is 0.338 e. The average molecular weight is 463 g/mol. The number of halogens is 1. The standard InChI is InChI=1S/C30H23FN2O2/c1-35-29(34)25-18-11-19-26(31)28(25)27-20-33(21-32-27)30(22-12-5-2-6-13-22,23-14-7-3-8-15-23)24-16-9-4-10-17-24/h2-21H,1H3. The number of carbonyl (C=O) groups is 1. The number of esters is 1. The van der Waals surface area contributed by atoms with E-state index in [9.17, 15) is 4.79 Å². The van der Waals surface area contributed by atoms with E-state index in [0.29, 0.717) is 5.69 Å². The molecule has 0 aliphatic rings. The van der Waals surface area contributed by atoms with Gasteiger partial charge in [-0.1, -0.05) is 97.1 Å². The third-order valence-corrected chi connectivity index (χ3v) is 6.22. The van der Waals surface area contributed by atoms with Gasteiger partial charge in [-0.25, -0.2) is 14.2 Å². The van der Waals surface area contributed by atoms with Crippen molar-refractivity contribution in [2.24, 2.45) is 0 Å². The zero-order chi connectivity index (χ0) is 24.3. The SMILES string of the molecule is COC(=O)c1cccc(F)c1-c1cn(C(c2ccccc2)(c2ccccc2)c2ccccc2)cn1. The average Bonchev–Trinajstić information content (AvgIpc) is 3.40. The topological polar surface area (TPSA) is 44.1 Å². The number of imidazole rings is 1. The highest BCUT2D eigenvalue weighted by atomic mass is 19.1. The Morgan fingerprint density at radius 2 is 1.29 bits per heavy atom. The van der Waals surface area contributed by atoms with Crippen LogP contribution >= 0.6 is 0 Å². The van der Waals surface area contributed by atoms with E-state index in [1.807, 2.05) is 59.2 Å². The number of aromatic nitrogens is 2. The molecule has 0 aliphatic heterocycles. The molecule has 0 atom stereocenters. The van der Waals surface area contributed by atoms with Crippen molar-refractivity contribution in [2.75, 3.05) is 7.11 Å². The van der Waals surface area contributed by atoms with Crippen LogP contribution in [-0.2, 0) is 10.3 Å². The smallest absolute Gasteiger partial charge is 0.338 e. The molecule has 0 bridgehead atoms. The van der Waals surface area contributed by atoms with Crippen molar-refractivity contribution in [1.29, 1.82) is 0 Å². The summed E-state index contributed by atoms with van der Waals surface area (Å²) in [7, 11) is 1.28. The number of carbonyl (C=O) groups excluding carboxylic acids is 1. The minimum atomic E-state index is -0.786. The molecule has 1 heterocycles. The van der Waals surface area contributed by atoms with E-state index in [-0.39, 0.29) is 11.1 Å². The van der Waals surface area contributed by atoms with Crippen LogP contribution in [0.1, 0.15) is 27.0 Å². The van der Waals surface area contributed by atoms with Gasteiger partial charge in [-0.05, 0) is 28.8 Å². The summed E-state index contributed by atoms with van der Waals surface area (Å²) >= 11 is 0. The first-order valence-corrected chi connectivity index (χ1v) is 11.2. The molecular weight excluding hydrogens is 439 g/mol. The van der Waals surface area contributed by atoms with Crippen LogP contribution in [0.4, 0.5) is 4.39 Å². The van der Waals surface area contributed by atoms with Crippen molar-refractivity contribution < 1.29 is 13.9 Å². The van der Waals surface area contributed by atoms with Gasteiger partial charge in [0.1, 0.15) is 11.4 Å². The zero-order valence-electron chi connectivity index (χ0n) is 19.1. The van der Waals surface area contributed by atoms with Crippen LogP contribution < -0.4 is 0 Å². The van der Waals surface area contributed by atoms with E-state index in [0.717, 1.165) is 16.7 Å². The number of methoxy groups -OCH3 is 1. The monoisotopic (exact) mass is 462 g/mol. The van der Waals surface area contributed by atoms with Gasteiger partial charge in [-0.15, -0.1) is 0 Å². The highest BCUT2D eigenvalue weighted by Crippen LogP contribution is 2.41. The molecule has 5 aromatic rings. The number of ether oxygens (including phenoxy) is 1. The van der Waals surface area contributed by atoms with Gasteiger partial charge in [0.25, 0.3) is 0 Å². The van der Waals surface area contributed by atoms with E-state index in [1.54, 1.807) is 18.6 Å². The molecule has 5 heteroatoms. The summed E-state index contributed by atoms with van der Waals surface area (Å²) in [6, 6.07) is 34.7. The van der Waals surface area contributed by atoms with Gasteiger partial charge in [-0.3, -0.25) is 0 Å². The Kier molecular flexibility index (Phi) is 5.98. The van der Waals surface area contributed by atoms with Crippen molar-refractivity contribution in [3.05, 3.63) is 150 Å². The molecule has 4 nitrogen and oxygen atoms in total. The fourth-order valence-corrected chi connectivity index (χ4v) is 4.69. The van der Waals surface area contributed by atoms with Crippen LogP contribution in [0.15, 0.2) is 122 Å². The van der Waals surface area contributed by atoms with Crippen LogP contribution in [0.2, 0.25) is 0 Å². The van der Waals surface area contributed by atoms with Crippen molar-refractivity contribution in [3.63, 3.8) is 0 Å². The van der Waals surface area contributed by atoms with Crippen LogP contribution in [-0.4, -0.2) is 22.6 Å². The third kappa shape index (κ3) is 3.81. The van der Waals surface area contributed by atoms with Gasteiger partial charge in [0.15, 0.2) is 0 Å². The highest BCUT2D eigenvalue weighted by Gasteiger charge is 2.38. The summed E-state index contributed by atoms with van der Waals surface area (Å²) in [4.78, 5) is 17.0. The molecule has 0 radical (unpaired) electrons. The number of hydrogen-bond donors (Lipinski definition) is 0. The molecular formula is C30H23FN2O2. The van der Waals surface area contributed by atoms with E-state index >= 15 is 4.39 Å². The van der Waals surface area contributed by atoms with Crippen molar-refractivity contribution in [2.45, 2.75) is 5.54 Å². The molecule has 0 unspecified atom stereocenters. The van der Waals surface area contributed by atoms with E-state index in [2.05, 4.69) is 41.4 Å². The quantitative estimate of drug-likeness (QED) is 0.219. The highest BCUT2D eigenvalue weighted by molar-refractivity contribution is 5.96. The molecule has 0 saturated heterocycles. The summed E-state index contributed by atoms with van der Waals surface area (Å²) in [5.74, 6) is -1.16. The van der Waals surface area contributed by atoms with Gasteiger partial charge >= 0.3 is 5.97 Å². The molecule has 172 valence electrons. The predicted octanol–water partition coefficient (Wildman–Crippen LogP) is 6.32. The Bertz CT molecular complexity index is 1350. The van der Waals surface area contributed by atoms with Crippen LogP contribution in [0.25, 0.3) is 11.3 Å². The second-order valence-corrected chi connectivity index (χ2v) is 8.13. The van der Waals surface area contributed by atoms with Crippen molar-refractivity contribution >= 4 is 5.97 Å². The summed E-state index contributed by atoms with van der Waals surface area (Å²) in [5.41, 5.74) is 2.85. The lowest BCUT2D eigenvalue weighted by atomic mass is 9.77. The largest absolute Gasteiger partial charge is 0.465 e.